The Morgan fingerprint density at radius 3 is 2.65 bits per heavy atom. The van der Waals surface area contributed by atoms with Crippen LogP contribution in [0.3, 0.4) is 0 Å². The largest absolute Gasteiger partial charge is 0.332 e. The number of rotatable bonds is 5. The van der Waals surface area contributed by atoms with E-state index in [0.29, 0.717) is 11.7 Å². The van der Waals surface area contributed by atoms with Crippen LogP contribution < -0.4 is 5.32 Å². The molecule has 0 saturated carbocycles. The van der Waals surface area contributed by atoms with Gasteiger partial charge in [-0.1, -0.05) is 5.21 Å². The lowest BCUT2D eigenvalue weighted by molar-refractivity contribution is 0.552. The van der Waals surface area contributed by atoms with Crippen LogP contribution in [-0.2, 0) is 16.6 Å². The summed E-state index contributed by atoms with van der Waals surface area (Å²) in [4.78, 5) is -0.358. The molecule has 0 bridgehead atoms. The minimum Gasteiger partial charge on any atom is -0.314 e. The Morgan fingerprint density at radius 1 is 1.30 bits per heavy atom. The van der Waals surface area contributed by atoms with E-state index < -0.39 is 10.2 Å². The van der Waals surface area contributed by atoms with E-state index in [9.17, 15) is 12.3 Å². The number of nitrogens with one attached hydrogen (secondary N) is 1. The zero-order valence-electron chi connectivity index (χ0n) is 12.4. The summed E-state index contributed by atoms with van der Waals surface area (Å²) < 4.78 is 36.0. The van der Waals surface area contributed by atoms with Gasteiger partial charge in [0, 0.05) is 6.04 Å². The van der Waals surface area contributed by atoms with E-state index in [1.54, 1.807) is 4.68 Å². The molecule has 1 unspecified atom stereocenters. The second kappa shape index (κ2) is 7.37. The molecule has 1 N–H and O–H groups in total. The summed E-state index contributed by atoms with van der Waals surface area (Å²) in [6, 6.07) is 6.00. The molecule has 1 aliphatic heterocycles. The quantitative estimate of drug-likeness (QED) is 0.825. The Bertz CT molecular complexity index is 742. The van der Waals surface area contributed by atoms with Crippen molar-refractivity contribution in [3.05, 3.63) is 36.2 Å². The maximum atomic E-state index is 12.8. The fourth-order valence-corrected chi connectivity index (χ4v) is 3.09. The van der Waals surface area contributed by atoms with Gasteiger partial charge in [0.05, 0.1) is 22.5 Å². The van der Waals surface area contributed by atoms with Gasteiger partial charge in [0.25, 0.3) is 0 Å². The molecule has 2 aromatic rings. The Labute approximate surface area is 140 Å². The van der Waals surface area contributed by atoms with Crippen LogP contribution in [0.2, 0.25) is 0 Å². The molecule has 6 nitrogen and oxygen atoms in total. The molecule has 1 saturated heterocycles. The Hall–Kier alpha value is -1.51. The monoisotopic (exact) mass is 360 g/mol. The Morgan fingerprint density at radius 2 is 2.04 bits per heavy atom. The lowest BCUT2D eigenvalue weighted by Gasteiger charge is -2.07. The van der Waals surface area contributed by atoms with Crippen molar-refractivity contribution >= 4 is 22.6 Å². The van der Waals surface area contributed by atoms with Crippen LogP contribution in [0.15, 0.2) is 35.4 Å². The van der Waals surface area contributed by atoms with Crippen LogP contribution in [0, 0.1) is 0 Å². The lowest BCUT2D eigenvalue weighted by Crippen LogP contribution is -2.21. The number of aryl methyl sites for hydroxylation is 1. The van der Waals surface area contributed by atoms with E-state index in [4.69, 9.17) is 0 Å². The van der Waals surface area contributed by atoms with Gasteiger partial charge in [0.15, 0.2) is 0 Å². The van der Waals surface area contributed by atoms with Gasteiger partial charge >= 0.3 is 10.2 Å². The molecule has 1 aromatic heterocycles. The molecule has 2 heterocycles. The molecule has 9 heteroatoms. The number of halogens is 2. The first-order chi connectivity index (χ1) is 10.5. The van der Waals surface area contributed by atoms with Gasteiger partial charge < -0.3 is 5.32 Å². The molecule has 0 aliphatic carbocycles. The average Bonchev–Trinajstić information content (AvgIpc) is 3.16. The normalized spacial score (nSPS) is 17.9. The second-order valence-corrected chi connectivity index (χ2v) is 6.77. The first-order valence-corrected chi connectivity index (χ1v) is 8.60. The molecular weight excluding hydrogens is 343 g/mol. The zero-order chi connectivity index (χ0) is 15.6. The number of hydrogen-bond donors (Lipinski definition) is 1. The van der Waals surface area contributed by atoms with Crippen molar-refractivity contribution in [2.24, 2.45) is 0 Å². The fourth-order valence-electron chi connectivity index (χ4n) is 2.63. The maximum Gasteiger partial charge on any atom is 0.332 e. The van der Waals surface area contributed by atoms with Crippen molar-refractivity contribution in [3.63, 3.8) is 0 Å². The molecule has 1 aliphatic rings. The highest BCUT2D eigenvalue weighted by Crippen LogP contribution is 2.16. The molecule has 126 valence electrons. The van der Waals surface area contributed by atoms with Gasteiger partial charge in [-0.2, -0.15) is 8.42 Å². The molecule has 0 amide bonds. The van der Waals surface area contributed by atoms with E-state index in [-0.39, 0.29) is 17.3 Å². The summed E-state index contributed by atoms with van der Waals surface area (Å²) in [5.74, 6) is 0. The highest BCUT2D eigenvalue weighted by atomic mass is 35.5. The van der Waals surface area contributed by atoms with E-state index in [2.05, 4.69) is 15.6 Å². The molecule has 1 aromatic carbocycles. The smallest absolute Gasteiger partial charge is 0.314 e. The van der Waals surface area contributed by atoms with Crippen LogP contribution in [0.25, 0.3) is 5.69 Å². The van der Waals surface area contributed by atoms with E-state index in [0.717, 1.165) is 25.1 Å². The topological polar surface area (TPSA) is 76.9 Å². The SMILES string of the molecule is Cl.O=S(=O)(F)c1ccc(-n2cc(CCC3CCCN3)nn2)cc1. The third-order valence-electron chi connectivity index (χ3n) is 3.83. The van der Waals surface area contributed by atoms with E-state index >= 15 is 0 Å². The predicted octanol–water partition coefficient (Wildman–Crippen LogP) is 2.03. The van der Waals surface area contributed by atoms with E-state index in [1.807, 2.05) is 6.20 Å². The number of aromatic nitrogens is 3. The van der Waals surface area contributed by atoms with Crippen LogP contribution in [0.5, 0.6) is 0 Å². The van der Waals surface area contributed by atoms with E-state index in [1.165, 1.54) is 37.1 Å². The molecule has 1 atom stereocenters. The summed E-state index contributed by atoms with van der Waals surface area (Å²) in [6.45, 7) is 1.08. The fraction of sp³-hybridized carbons (Fsp3) is 0.429. The third kappa shape index (κ3) is 4.49. The Kier molecular flexibility index (Phi) is 5.72. The molecule has 0 spiro atoms. The summed E-state index contributed by atoms with van der Waals surface area (Å²) in [7, 11) is -4.67. The lowest BCUT2D eigenvalue weighted by atomic mass is 10.1. The minimum atomic E-state index is -4.67. The number of nitrogens with zero attached hydrogens (tertiary/aromatic N) is 3. The highest BCUT2D eigenvalue weighted by molar-refractivity contribution is 7.86. The molecule has 23 heavy (non-hydrogen) atoms. The standard InChI is InChI=1S/C14H17FN4O2S.ClH/c15-22(20,21)14-7-5-13(6-8-14)19-10-12(17-18-19)4-3-11-2-1-9-16-11;/h5-8,10-11,16H,1-4,9H2;1H. The average molecular weight is 361 g/mol. The van der Waals surface area contributed by atoms with Crippen molar-refractivity contribution in [2.45, 2.75) is 36.6 Å². The predicted molar refractivity (Wildman–Crippen MR) is 86.2 cm³/mol. The van der Waals surface area contributed by atoms with Crippen molar-refractivity contribution in [2.75, 3.05) is 6.54 Å². The van der Waals surface area contributed by atoms with Gasteiger partial charge in [0.1, 0.15) is 0 Å². The third-order valence-corrected chi connectivity index (χ3v) is 4.67. The van der Waals surface area contributed by atoms with Gasteiger partial charge in [-0.25, -0.2) is 4.68 Å². The summed E-state index contributed by atoms with van der Waals surface area (Å²) in [5.41, 5.74) is 1.53. The number of benzene rings is 1. The van der Waals surface area contributed by atoms with Crippen molar-refractivity contribution < 1.29 is 12.3 Å². The van der Waals surface area contributed by atoms with Gasteiger partial charge in [-0.3, -0.25) is 0 Å². The summed E-state index contributed by atoms with van der Waals surface area (Å²) in [5, 5.41) is 11.6. The summed E-state index contributed by atoms with van der Waals surface area (Å²) >= 11 is 0. The van der Waals surface area contributed by atoms with Crippen molar-refractivity contribution in [1.29, 1.82) is 0 Å². The van der Waals surface area contributed by atoms with Crippen molar-refractivity contribution in [1.82, 2.24) is 20.3 Å². The minimum absolute atomic E-state index is 0. The van der Waals surface area contributed by atoms with Crippen LogP contribution in [0.1, 0.15) is 25.0 Å². The van der Waals surface area contributed by atoms with Gasteiger partial charge in [0.2, 0.25) is 0 Å². The molecule has 1 fully saturated rings. The van der Waals surface area contributed by atoms with Gasteiger partial charge in [-0.05, 0) is 56.5 Å². The first-order valence-electron chi connectivity index (χ1n) is 7.22. The molecular formula is C14H18ClFN4O2S. The first kappa shape index (κ1) is 17.8. The maximum absolute atomic E-state index is 12.8. The summed E-state index contributed by atoms with van der Waals surface area (Å²) in [6.07, 6.45) is 6.11. The van der Waals surface area contributed by atoms with Crippen LogP contribution in [-0.4, -0.2) is 36.0 Å². The molecule has 0 radical (unpaired) electrons. The molecule has 3 rings (SSSR count). The van der Waals surface area contributed by atoms with Crippen LogP contribution in [0.4, 0.5) is 3.89 Å². The van der Waals surface area contributed by atoms with Gasteiger partial charge in [-0.15, -0.1) is 21.4 Å². The van der Waals surface area contributed by atoms with Crippen LogP contribution >= 0.6 is 12.4 Å². The zero-order valence-corrected chi connectivity index (χ0v) is 14.0. The second-order valence-electron chi connectivity index (χ2n) is 5.42. The Balaban J connectivity index is 0.00000192. The van der Waals surface area contributed by atoms with Crippen molar-refractivity contribution in [3.8, 4) is 5.69 Å². The number of hydrogen-bond acceptors (Lipinski definition) is 5. The highest BCUT2D eigenvalue weighted by Gasteiger charge is 2.15.